The molecule has 2 aromatic carbocycles. The molecule has 1 fully saturated rings. The smallest absolute Gasteiger partial charge is 0.136 e. The molecular formula is C22H21ClN4. The van der Waals surface area contributed by atoms with Crippen LogP contribution in [-0.4, -0.2) is 16.5 Å². The molecule has 3 aromatic rings. The summed E-state index contributed by atoms with van der Waals surface area (Å²) in [6.45, 7) is 2.97. The Morgan fingerprint density at radius 2 is 1.85 bits per heavy atom. The van der Waals surface area contributed by atoms with Crippen LogP contribution in [0.1, 0.15) is 41.8 Å². The molecule has 0 radical (unpaired) electrons. The first-order valence-corrected chi connectivity index (χ1v) is 9.79. The quantitative estimate of drug-likeness (QED) is 0.644. The Balaban J connectivity index is 1.49. The topological polar surface area (TPSA) is 41.1 Å². The fraction of sp³-hybridized carbons (Fsp3) is 0.273. The minimum Gasteiger partial charge on any atom is -0.349 e. The number of nitrogens with zero attached hydrogens (tertiary/aromatic N) is 3. The molecule has 2 atom stereocenters. The molecule has 6 rings (SSSR count). The molecule has 1 saturated heterocycles. The molecule has 2 bridgehead atoms. The zero-order valence-corrected chi connectivity index (χ0v) is 15.9. The van der Waals surface area contributed by atoms with Gasteiger partial charge in [-0.1, -0.05) is 41.9 Å². The summed E-state index contributed by atoms with van der Waals surface area (Å²) in [4.78, 5) is 11.8. The Labute approximate surface area is 164 Å². The molecule has 0 saturated carbocycles. The van der Waals surface area contributed by atoms with Crippen molar-refractivity contribution < 1.29 is 0 Å². The van der Waals surface area contributed by atoms with Crippen LogP contribution in [0, 0.1) is 6.92 Å². The number of hydrogen-bond donors (Lipinski definition) is 1. The molecule has 27 heavy (non-hydrogen) atoms. The van der Waals surface area contributed by atoms with Crippen LogP contribution in [0.4, 0.5) is 17.3 Å². The summed E-state index contributed by atoms with van der Waals surface area (Å²) in [6, 6.07) is 19.0. The highest BCUT2D eigenvalue weighted by atomic mass is 35.5. The summed E-state index contributed by atoms with van der Waals surface area (Å²) in [6.07, 6.45) is 2.44. The summed E-state index contributed by atoms with van der Waals surface area (Å²) >= 11 is 6.11. The van der Waals surface area contributed by atoms with E-state index in [2.05, 4.69) is 45.5 Å². The third-order valence-corrected chi connectivity index (χ3v) is 5.83. The Bertz CT molecular complexity index is 1000. The maximum absolute atomic E-state index is 6.11. The molecule has 0 amide bonds. The first kappa shape index (κ1) is 16.6. The third kappa shape index (κ3) is 3.04. The van der Waals surface area contributed by atoms with Gasteiger partial charge in [0.1, 0.15) is 17.5 Å². The number of nitrogens with one attached hydrogen (secondary N) is 1. The lowest BCUT2D eigenvalue weighted by molar-refractivity contribution is 0.387. The van der Waals surface area contributed by atoms with Gasteiger partial charge in [0, 0.05) is 29.2 Å². The molecule has 1 aromatic heterocycles. The highest BCUT2D eigenvalue weighted by molar-refractivity contribution is 6.30. The zero-order valence-electron chi connectivity index (χ0n) is 15.2. The minimum absolute atomic E-state index is 0.402. The highest BCUT2D eigenvalue weighted by Gasteiger charge is 2.38. The van der Waals surface area contributed by atoms with Crippen molar-refractivity contribution in [3.8, 4) is 0 Å². The molecule has 0 spiro atoms. The normalized spacial score (nSPS) is 20.4. The van der Waals surface area contributed by atoms with Crippen LogP contribution >= 0.6 is 11.6 Å². The summed E-state index contributed by atoms with van der Waals surface area (Å²) in [7, 11) is 0. The molecule has 3 heterocycles. The van der Waals surface area contributed by atoms with Gasteiger partial charge in [0.25, 0.3) is 0 Å². The number of benzene rings is 2. The van der Waals surface area contributed by atoms with E-state index in [1.807, 2.05) is 31.2 Å². The summed E-state index contributed by atoms with van der Waals surface area (Å²) in [5.74, 6) is 3.16. The molecule has 136 valence electrons. The van der Waals surface area contributed by atoms with Crippen molar-refractivity contribution in [1.29, 1.82) is 0 Å². The van der Waals surface area contributed by atoms with E-state index in [4.69, 9.17) is 16.6 Å². The molecule has 4 nitrogen and oxygen atoms in total. The lowest BCUT2D eigenvalue weighted by atomic mass is 9.75. The predicted octanol–water partition coefficient (Wildman–Crippen LogP) is 5.62. The lowest BCUT2D eigenvalue weighted by Gasteiger charge is -2.47. The lowest BCUT2D eigenvalue weighted by Crippen LogP contribution is -2.43. The van der Waals surface area contributed by atoms with Crippen molar-refractivity contribution in [1.82, 2.24) is 9.97 Å². The van der Waals surface area contributed by atoms with Crippen LogP contribution in [0.3, 0.4) is 0 Å². The maximum atomic E-state index is 6.11. The number of aryl methyl sites for hydroxylation is 1. The van der Waals surface area contributed by atoms with E-state index >= 15 is 0 Å². The van der Waals surface area contributed by atoms with Gasteiger partial charge in [0.2, 0.25) is 0 Å². The Kier molecular flexibility index (Phi) is 4.01. The molecule has 1 N–H and O–H groups in total. The van der Waals surface area contributed by atoms with Crippen LogP contribution in [0.25, 0.3) is 0 Å². The largest absolute Gasteiger partial charge is 0.349 e. The second-order valence-electron chi connectivity index (χ2n) is 7.37. The second kappa shape index (κ2) is 6.54. The Morgan fingerprint density at radius 3 is 2.70 bits per heavy atom. The zero-order chi connectivity index (χ0) is 18.4. The SMILES string of the molecule is Cc1nc(Nc2cccc(Cl)c2)cc(N2C[C@H]3CC[C@H]2c2ccccc23)n1. The van der Waals surface area contributed by atoms with Gasteiger partial charge in [-0.05, 0) is 49.1 Å². The number of anilines is 3. The van der Waals surface area contributed by atoms with E-state index < -0.39 is 0 Å². The summed E-state index contributed by atoms with van der Waals surface area (Å²) in [5.41, 5.74) is 3.91. The van der Waals surface area contributed by atoms with Crippen LogP contribution in [0.2, 0.25) is 5.02 Å². The first-order valence-electron chi connectivity index (χ1n) is 9.41. The predicted molar refractivity (Wildman–Crippen MR) is 110 cm³/mol. The van der Waals surface area contributed by atoms with Crippen LogP contribution in [0.15, 0.2) is 54.6 Å². The van der Waals surface area contributed by atoms with Gasteiger partial charge < -0.3 is 10.2 Å². The minimum atomic E-state index is 0.402. The van der Waals surface area contributed by atoms with Crippen molar-refractivity contribution in [2.24, 2.45) is 0 Å². The number of aromatic nitrogens is 2. The van der Waals surface area contributed by atoms with Gasteiger partial charge in [-0.3, -0.25) is 0 Å². The van der Waals surface area contributed by atoms with E-state index in [0.29, 0.717) is 17.0 Å². The monoisotopic (exact) mass is 376 g/mol. The Hall–Kier alpha value is -2.59. The Morgan fingerprint density at radius 1 is 1.00 bits per heavy atom. The van der Waals surface area contributed by atoms with Gasteiger partial charge in [-0.2, -0.15) is 0 Å². The summed E-state index contributed by atoms with van der Waals surface area (Å²) < 4.78 is 0. The van der Waals surface area contributed by atoms with E-state index in [1.54, 1.807) is 0 Å². The van der Waals surface area contributed by atoms with Gasteiger partial charge in [0.15, 0.2) is 0 Å². The third-order valence-electron chi connectivity index (χ3n) is 5.59. The van der Waals surface area contributed by atoms with E-state index in [-0.39, 0.29) is 0 Å². The molecule has 3 aliphatic rings. The number of halogens is 1. The molecule has 1 aliphatic carbocycles. The summed E-state index contributed by atoms with van der Waals surface area (Å²) in [5, 5.41) is 4.07. The second-order valence-corrected chi connectivity index (χ2v) is 7.80. The number of fused-ring (bicyclic) bond motifs is 2. The number of piperidine rings is 1. The van der Waals surface area contributed by atoms with E-state index in [9.17, 15) is 0 Å². The van der Waals surface area contributed by atoms with Gasteiger partial charge >= 0.3 is 0 Å². The van der Waals surface area contributed by atoms with Crippen LogP contribution in [0.5, 0.6) is 0 Å². The van der Waals surface area contributed by atoms with Crippen molar-refractivity contribution >= 4 is 28.9 Å². The molecular weight excluding hydrogens is 356 g/mol. The van der Waals surface area contributed by atoms with Gasteiger partial charge in [-0.15, -0.1) is 0 Å². The van der Waals surface area contributed by atoms with Crippen molar-refractivity contribution in [3.63, 3.8) is 0 Å². The van der Waals surface area contributed by atoms with E-state index in [0.717, 1.165) is 29.7 Å². The average molecular weight is 377 g/mol. The molecule has 5 heteroatoms. The number of hydrogen-bond acceptors (Lipinski definition) is 4. The van der Waals surface area contributed by atoms with Gasteiger partial charge in [-0.25, -0.2) is 9.97 Å². The van der Waals surface area contributed by atoms with Crippen molar-refractivity contribution in [2.45, 2.75) is 31.7 Å². The van der Waals surface area contributed by atoms with Gasteiger partial charge in [0.05, 0.1) is 6.04 Å². The standard InChI is InChI=1S/C22H21ClN4/c1-14-24-21(26-17-6-4-5-16(23)11-17)12-22(25-14)27-13-15-9-10-20(27)19-8-3-2-7-18(15)19/h2-8,11-12,15,20H,9-10,13H2,1H3,(H,24,25,26)/t15-,20+/m1/s1. The first-order chi connectivity index (χ1) is 13.2. The maximum Gasteiger partial charge on any atom is 0.136 e. The fourth-order valence-corrected chi connectivity index (χ4v) is 4.65. The number of rotatable bonds is 3. The highest BCUT2D eigenvalue weighted by Crippen LogP contribution is 2.48. The van der Waals surface area contributed by atoms with Crippen LogP contribution in [-0.2, 0) is 0 Å². The van der Waals surface area contributed by atoms with Crippen molar-refractivity contribution in [3.05, 3.63) is 76.6 Å². The molecule has 2 aliphatic heterocycles. The average Bonchev–Trinajstić information content (AvgIpc) is 2.68. The van der Waals surface area contributed by atoms with Crippen molar-refractivity contribution in [2.75, 3.05) is 16.8 Å². The van der Waals surface area contributed by atoms with Crippen LogP contribution < -0.4 is 10.2 Å². The molecule has 0 unspecified atom stereocenters. The fourth-order valence-electron chi connectivity index (χ4n) is 4.46. The van der Waals surface area contributed by atoms with E-state index in [1.165, 1.54) is 24.0 Å².